The number of nitrogens with one attached hydrogen (secondary N) is 1. The summed E-state index contributed by atoms with van der Waals surface area (Å²) in [6.45, 7) is 6.72. The van der Waals surface area contributed by atoms with Gasteiger partial charge in [0.15, 0.2) is 0 Å². The monoisotopic (exact) mass is 359 g/mol. The molecule has 1 aromatic rings. The van der Waals surface area contributed by atoms with Crippen LogP contribution >= 0.6 is 0 Å². The number of carboxylic acid groups (broad SMARTS) is 1. The van der Waals surface area contributed by atoms with Crippen molar-refractivity contribution in [3.63, 3.8) is 0 Å². The normalized spacial score (nSPS) is 28.5. The maximum Gasteiger partial charge on any atom is 0.341 e. The molecular weight excluding hydrogens is 330 g/mol. The van der Waals surface area contributed by atoms with Crippen LogP contribution in [0.25, 0.3) is 0 Å². The number of likely N-dealkylation sites (tertiary alicyclic amines) is 1. The van der Waals surface area contributed by atoms with Gasteiger partial charge in [-0.05, 0) is 64.9 Å². The molecule has 0 aromatic heterocycles. The lowest BCUT2D eigenvalue weighted by Gasteiger charge is -2.43. The van der Waals surface area contributed by atoms with E-state index in [4.69, 9.17) is 0 Å². The fourth-order valence-electron chi connectivity index (χ4n) is 4.76. The van der Waals surface area contributed by atoms with E-state index in [1.807, 2.05) is 20.8 Å². The summed E-state index contributed by atoms with van der Waals surface area (Å²) in [4.78, 5) is 26.5. The number of quaternary nitrogens is 1. The van der Waals surface area contributed by atoms with Crippen molar-refractivity contribution in [1.82, 2.24) is 14.7 Å². The van der Waals surface area contributed by atoms with E-state index in [0.29, 0.717) is 19.0 Å². The van der Waals surface area contributed by atoms with Crippen molar-refractivity contribution >= 4 is 17.7 Å². The van der Waals surface area contributed by atoms with Gasteiger partial charge in [-0.1, -0.05) is 6.07 Å². The second kappa shape index (κ2) is 6.35. The van der Waals surface area contributed by atoms with Crippen LogP contribution in [0.4, 0.5) is 10.5 Å². The summed E-state index contributed by atoms with van der Waals surface area (Å²) in [5.41, 5.74) is 3.23. The lowest BCUT2D eigenvalue weighted by molar-refractivity contribution is -0.251. The van der Waals surface area contributed by atoms with Gasteiger partial charge in [-0.2, -0.15) is 0 Å². The van der Waals surface area contributed by atoms with Crippen molar-refractivity contribution in [2.24, 2.45) is 0 Å². The van der Waals surface area contributed by atoms with Crippen LogP contribution in [0.5, 0.6) is 0 Å². The van der Waals surface area contributed by atoms with Gasteiger partial charge in [0.2, 0.25) is 0 Å². The average molecular weight is 359 g/mol. The van der Waals surface area contributed by atoms with E-state index in [1.54, 1.807) is 0 Å². The molecule has 26 heavy (non-hydrogen) atoms. The number of benzene rings is 1. The molecule has 0 spiro atoms. The number of carbonyl (C=O) groups excluding carboxylic acids is 2. The van der Waals surface area contributed by atoms with Crippen LogP contribution in [0.3, 0.4) is 0 Å². The van der Waals surface area contributed by atoms with E-state index < -0.39 is 12.1 Å². The minimum Gasteiger partial charge on any atom is -0.530 e. The van der Waals surface area contributed by atoms with Crippen LogP contribution in [-0.2, 0) is 11.2 Å². The second-order valence-electron chi connectivity index (χ2n) is 8.72. The summed E-state index contributed by atoms with van der Waals surface area (Å²) in [6.07, 6.45) is 1.19. The molecule has 1 aliphatic heterocycles. The number of amides is 2. The van der Waals surface area contributed by atoms with Crippen LogP contribution in [0.1, 0.15) is 50.8 Å². The first kappa shape index (κ1) is 18.9. The topological polar surface area (TPSA) is 72.5 Å². The molecule has 0 bridgehead atoms. The van der Waals surface area contributed by atoms with E-state index in [9.17, 15) is 14.7 Å². The highest BCUT2D eigenvalue weighted by Gasteiger charge is 2.56. The third kappa shape index (κ3) is 2.81. The fourth-order valence-corrected chi connectivity index (χ4v) is 4.76. The van der Waals surface area contributed by atoms with Crippen LogP contribution in [0, 0.1) is 0 Å². The van der Waals surface area contributed by atoms with Gasteiger partial charge in [-0.25, -0.2) is 9.28 Å². The molecule has 6 nitrogen and oxygen atoms in total. The van der Waals surface area contributed by atoms with Gasteiger partial charge >= 0.3 is 5.91 Å². The smallest absolute Gasteiger partial charge is 0.341 e. The maximum absolute atomic E-state index is 13.3. The van der Waals surface area contributed by atoms with Crippen molar-refractivity contribution in [3.8, 4) is 0 Å². The molecule has 1 N–H and O–H groups in total. The van der Waals surface area contributed by atoms with Crippen molar-refractivity contribution in [2.45, 2.75) is 57.7 Å². The molecule has 0 saturated carbocycles. The number of rotatable bonds is 3. The molecule has 3 rings (SSSR count). The van der Waals surface area contributed by atoms with E-state index in [2.05, 4.69) is 42.5 Å². The third-order valence-electron chi connectivity index (χ3n) is 6.10. The highest BCUT2D eigenvalue weighted by atomic mass is 16.4. The molecular formula is C20H29N3O3. The van der Waals surface area contributed by atoms with E-state index in [1.165, 1.54) is 11.1 Å². The highest BCUT2D eigenvalue weighted by molar-refractivity contribution is 5.97. The quantitative estimate of drug-likeness (QED) is 0.832. The summed E-state index contributed by atoms with van der Waals surface area (Å²) < 4.78 is 0.165. The van der Waals surface area contributed by atoms with Crippen LogP contribution < -0.4 is 14.9 Å². The molecule has 0 radical (unpaired) electrons. The van der Waals surface area contributed by atoms with Crippen molar-refractivity contribution < 1.29 is 14.7 Å². The summed E-state index contributed by atoms with van der Waals surface area (Å²) in [7, 11) is 4.19. The van der Waals surface area contributed by atoms with Crippen LogP contribution in [-0.4, -0.2) is 49.1 Å². The predicted octanol–water partition coefficient (Wildman–Crippen LogP) is 1.57. The molecule has 6 heteroatoms. The SMILES string of the molecule is CN(C)C1CCc2cc([N+]3(C(C)(C)C)CC[C@H](NC(=O)[O-])C3=O)ccc21. The molecule has 2 amide bonds. The molecule has 1 aliphatic carbocycles. The summed E-state index contributed by atoms with van der Waals surface area (Å²) in [6, 6.07) is 6.10. The fraction of sp³-hybridized carbons (Fsp3) is 0.600. The summed E-state index contributed by atoms with van der Waals surface area (Å²) >= 11 is 0. The zero-order valence-corrected chi connectivity index (χ0v) is 16.3. The molecule has 3 atom stereocenters. The zero-order chi connectivity index (χ0) is 19.3. The lowest BCUT2D eigenvalue weighted by atomic mass is 9.97. The van der Waals surface area contributed by atoms with Gasteiger partial charge < -0.3 is 20.1 Å². The Morgan fingerprint density at radius 3 is 2.54 bits per heavy atom. The summed E-state index contributed by atoms with van der Waals surface area (Å²) in [5, 5.41) is 13.3. The Bertz CT molecular complexity index is 738. The number of aryl methyl sites for hydroxylation is 1. The number of fused-ring (bicyclic) bond motifs is 1. The first-order valence-electron chi connectivity index (χ1n) is 9.28. The first-order valence-corrected chi connectivity index (χ1v) is 9.28. The Kier molecular flexibility index (Phi) is 4.61. The molecule has 1 aromatic carbocycles. The maximum atomic E-state index is 13.3. The molecule has 142 valence electrons. The number of hydrogen-bond acceptors (Lipinski definition) is 4. The van der Waals surface area contributed by atoms with Crippen molar-refractivity contribution in [2.75, 3.05) is 20.6 Å². The van der Waals surface area contributed by atoms with E-state index >= 15 is 0 Å². The van der Waals surface area contributed by atoms with Crippen molar-refractivity contribution in [3.05, 3.63) is 29.3 Å². The molecule has 1 saturated heterocycles. The minimum atomic E-state index is -1.39. The van der Waals surface area contributed by atoms with Gasteiger partial charge in [0.25, 0.3) is 0 Å². The number of carbonyl (C=O) groups is 2. The standard InChI is InChI=1S/C20H29N3O3/c1-20(2,3)23(11-10-16(18(23)24)21-19(25)26)14-7-8-15-13(12-14)6-9-17(15)22(4)5/h7-8,12,16-17,21H,6,9-11H2,1-5H3/t16-,17?,23?/m0/s1. The van der Waals surface area contributed by atoms with Crippen LogP contribution in [0.2, 0.25) is 0 Å². The van der Waals surface area contributed by atoms with E-state index in [-0.39, 0.29) is 15.9 Å². The Labute approximate surface area is 155 Å². The average Bonchev–Trinajstić information content (AvgIpc) is 3.08. The van der Waals surface area contributed by atoms with Crippen LogP contribution in [0.15, 0.2) is 18.2 Å². The molecule has 2 aliphatic rings. The number of hydrogen-bond donors (Lipinski definition) is 1. The second-order valence-corrected chi connectivity index (χ2v) is 8.72. The zero-order valence-electron chi connectivity index (χ0n) is 16.3. The predicted molar refractivity (Wildman–Crippen MR) is 99.5 cm³/mol. The first-order chi connectivity index (χ1) is 12.1. The van der Waals surface area contributed by atoms with Gasteiger partial charge in [0.1, 0.15) is 23.4 Å². The Balaban J connectivity index is 2.04. The highest BCUT2D eigenvalue weighted by Crippen LogP contribution is 2.43. The Hall–Kier alpha value is -1.92. The molecule has 1 fully saturated rings. The van der Waals surface area contributed by atoms with Gasteiger partial charge in [-0.3, -0.25) is 0 Å². The third-order valence-corrected chi connectivity index (χ3v) is 6.10. The van der Waals surface area contributed by atoms with Gasteiger partial charge in [0.05, 0.1) is 6.54 Å². The lowest BCUT2D eigenvalue weighted by Crippen LogP contribution is -2.65. The van der Waals surface area contributed by atoms with Gasteiger partial charge in [-0.15, -0.1) is 0 Å². The van der Waals surface area contributed by atoms with Crippen molar-refractivity contribution in [1.29, 1.82) is 0 Å². The number of nitrogens with zero attached hydrogens (tertiary/aromatic N) is 2. The minimum absolute atomic E-state index is 0.0937. The molecule has 2 unspecified atom stereocenters. The van der Waals surface area contributed by atoms with Gasteiger partial charge in [0, 0.05) is 18.5 Å². The van der Waals surface area contributed by atoms with E-state index in [0.717, 1.165) is 18.5 Å². The Morgan fingerprint density at radius 1 is 1.27 bits per heavy atom. The largest absolute Gasteiger partial charge is 0.530 e. The molecule has 1 heterocycles. The Morgan fingerprint density at radius 2 is 1.96 bits per heavy atom. The summed E-state index contributed by atoms with van der Waals surface area (Å²) in [5.74, 6) is -0.0937.